The maximum Gasteiger partial charge on any atom is 0.337 e. The van der Waals surface area contributed by atoms with Crippen molar-refractivity contribution < 1.29 is 24.2 Å². The summed E-state index contributed by atoms with van der Waals surface area (Å²) in [7, 11) is 0. The molecule has 0 aliphatic carbocycles. The fraction of sp³-hybridized carbons (Fsp3) is 0.273. The minimum Gasteiger partial charge on any atom is -0.479 e. The van der Waals surface area contributed by atoms with Gasteiger partial charge in [-0.15, -0.1) is 0 Å². The van der Waals surface area contributed by atoms with Gasteiger partial charge in [0.05, 0.1) is 6.54 Å². The molecule has 1 unspecified atom stereocenters. The van der Waals surface area contributed by atoms with E-state index < -0.39 is 29.8 Å². The Bertz CT molecular complexity index is 470. The van der Waals surface area contributed by atoms with Crippen molar-refractivity contribution in [2.75, 3.05) is 6.54 Å². The van der Waals surface area contributed by atoms with Crippen LogP contribution in [0.1, 0.15) is 17.3 Å². The molecular weight excluding hydrogens is 265 g/mol. The lowest BCUT2D eigenvalue weighted by Crippen LogP contribution is -2.46. The van der Waals surface area contributed by atoms with E-state index in [-0.39, 0.29) is 10.6 Å². The van der Waals surface area contributed by atoms with Gasteiger partial charge in [-0.1, -0.05) is 11.6 Å². The summed E-state index contributed by atoms with van der Waals surface area (Å²) in [4.78, 5) is 22.2. The van der Waals surface area contributed by atoms with Crippen molar-refractivity contribution in [2.45, 2.75) is 12.5 Å². The van der Waals surface area contributed by atoms with Crippen molar-refractivity contribution in [2.24, 2.45) is 0 Å². The number of carbonyl (C=O) groups excluding carboxylic acids is 1. The van der Waals surface area contributed by atoms with Crippen LogP contribution in [0.4, 0.5) is 4.39 Å². The summed E-state index contributed by atoms with van der Waals surface area (Å²) in [5.74, 6) is -2.88. The van der Waals surface area contributed by atoms with Crippen LogP contribution in [0.25, 0.3) is 0 Å². The Balaban J connectivity index is 2.75. The molecule has 0 saturated carbocycles. The van der Waals surface area contributed by atoms with Gasteiger partial charge in [-0.05, 0) is 25.1 Å². The van der Waals surface area contributed by atoms with E-state index in [9.17, 15) is 19.1 Å². The van der Waals surface area contributed by atoms with Gasteiger partial charge in [-0.2, -0.15) is 0 Å². The quantitative estimate of drug-likeness (QED) is 0.766. The lowest BCUT2D eigenvalue weighted by atomic mass is 10.1. The Labute approximate surface area is 107 Å². The fourth-order valence-electron chi connectivity index (χ4n) is 1.11. The monoisotopic (exact) mass is 275 g/mol. The van der Waals surface area contributed by atoms with Gasteiger partial charge in [0.15, 0.2) is 5.60 Å². The molecule has 0 saturated heterocycles. The average Bonchev–Trinajstić information content (AvgIpc) is 2.24. The van der Waals surface area contributed by atoms with Crippen LogP contribution in [0.3, 0.4) is 0 Å². The van der Waals surface area contributed by atoms with Gasteiger partial charge in [0.1, 0.15) is 5.82 Å². The third-order valence-corrected chi connectivity index (χ3v) is 2.40. The molecule has 0 fully saturated rings. The van der Waals surface area contributed by atoms with E-state index >= 15 is 0 Å². The zero-order valence-corrected chi connectivity index (χ0v) is 10.2. The number of aliphatic hydroxyl groups is 1. The van der Waals surface area contributed by atoms with Crippen LogP contribution in [-0.2, 0) is 4.79 Å². The molecule has 0 spiro atoms. The molecule has 1 amide bonds. The highest BCUT2D eigenvalue weighted by atomic mass is 35.5. The normalized spacial score (nSPS) is 13.8. The van der Waals surface area contributed by atoms with Crippen molar-refractivity contribution in [3.8, 4) is 0 Å². The first-order chi connectivity index (χ1) is 8.22. The molecule has 0 aromatic heterocycles. The van der Waals surface area contributed by atoms with Gasteiger partial charge in [0, 0.05) is 10.6 Å². The fourth-order valence-corrected chi connectivity index (χ4v) is 1.34. The van der Waals surface area contributed by atoms with Crippen molar-refractivity contribution in [3.05, 3.63) is 34.6 Å². The second-order valence-corrected chi connectivity index (χ2v) is 4.36. The Kier molecular flexibility index (Phi) is 4.26. The van der Waals surface area contributed by atoms with E-state index in [0.29, 0.717) is 0 Å². The van der Waals surface area contributed by atoms with Crippen LogP contribution in [0, 0.1) is 5.82 Å². The first kappa shape index (κ1) is 14.4. The van der Waals surface area contributed by atoms with Gasteiger partial charge in [-0.3, -0.25) is 4.79 Å². The molecule has 1 aromatic rings. The van der Waals surface area contributed by atoms with Gasteiger partial charge >= 0.3 is 5.97 Å². The third-order valence-electron chi connectivity index (χ3n) is 2.18. The van der Waals surface area contributed by atoms with Crippen LogP contribution in [0.5, 0.6) is 0 Å². The molecule has 0 bridgehead atoms. The number of amides is 1. The summed E-state index contributed by atoms with van der Waals surface area (Å²) in [5, 5.41) is 20.2. The number of carboxylic acid groups (broad SMARTS) is 1. The third kappa shape index (κ3) is 3.68. The molecule has 1 rings (SSSR count). The topological polar surface area (TPSA) is 86.6 Å². The van der Waals surface area contributed by atoms with Crippen molar-refractivity contribution >= 4 is 23.5 Å². The first-order valence-corrected chi connectivity index (χ1v) is 5.30. The second-order valence-electron chi connectivity index (χ2n) is 3.92. The highest BCUT2D eigenvalue weighted by Gasteiger charge is 2.30. The van der Waals surface area contributed by atoms with Crippen LogP contribution >= 0.6 is 11.6 Å². The molecular formula is C11H11ClFNO4. The molecule has 0 radical (unpaired) electrons. The van der Waals surface area contributed by atoms with Gasteiger partial charge < -0.3 is 15.5 Å². The lowest BCUT2D eigenvalue weighted by molar-refractivity contribution is -0.155. The van der Waals surface area contributed by atoms with Crippen molar-refractivity contribution in [1.29, 1.82) is 0 Å². The first-order valence-electron chi connectivity index (χ1n) is 4.92. The standard InChI is InChI=1S/C11H11ClFNO4/c1-11(18,10(16)17)5-14-9(15)6-2-7(12)4-8(13)3-6/h2-4,18H,5H2,1H3,(H,14,15)(H,16,17). The zero-order chi connectivity index (χ0) is 13.9. The highest BCUT2D eigenvalue weighted by Crippen LogP contribution is 2.14. The highest BCUT2D eigenvalue weighted by molar-refractivity contribution is 6.31. The van der Waals surface area contributed by atoms with Gasteiger partial charge in [0.2, 0.25) is 0 Å². The van der Waals surface area contributed by atoms with Crippen LogP contribution in [0.15, 0.2) is 18.2 Å². The summed E-state index contributed by atoms with van der Waals surface area (Å²) in [6.45, 7) is 0.531. The predicted molar refractivity (Wildman–Crippen MR) is 62.0 cm³/mol. The number of aliphatic carboxylic acids is 1. The second kappa shape index (κ2) is 5.32. The summed E-state index contributed by atoms with van der Waals surface area (Å²) >= 11 is 5.57. The molecule has 3 N–H and O–H groups in total. The van der Waals surface area contributed by atoms with Crippen LogP contribution < -0.4 is 5.32 Å². The molecule has 0 aliphatic heterocycles. The maximum absolute atomic E-state index is 13.0. The summed E-state index contributed by atoms with van der Waals surface area (Å²) in [6, 6.07) is 3.22. The van der Waals surface area contributed by atoms with Crippen molar-refractivity contribution in [3.63, 3.8) is 0 Å². The summed E-state index contributed by atoms with van der Waals surface area (Å²) in [5.41, 5.74) is -2.14. The number of halogens is 2. The molecule has 0 heterocycles. The number of carboxylic acids is 1. The number of benzene rings is 1. The largest absolute Gasteiger partial charge is 0.479 e. The smallest absolute Gasteiger partial charge is 0.337 e. The lowest BCUT2D eigenvalue weighted by Gasteiger charge is -2.18. The number of hydrogen-bond donors (Lipinski definition) is 3. The maximum atomic E-state index is 13.0. The summed E-state index contributed by atoms with van der Waals surface area (Å²) < 4.78 is 13.0. The van der Waals surface area contributed by atoms with E-state index in [2.05, 4.69) is 5.32 Å². The Hall–Kier alpha value is -1.66. The average molecular weight is 276 g/mol. The zero-order valence-electron chi connectivity index (χ0n) is 9.41. The minimum atomic E-state index is -2.09. The Morgan fingerprint density at radius 3 is 2.56 bits per heavy atom. The molecule has 5 nitrogen and oxygen atoms in total. The van der Waals surface area contributed by atoms with Gasteiger partial charge in [-0.25, -0.2) is 9.18 Å². The Morgan fingerprint density at radius 2 is 2.06 bits per heavy atom. The van der Waals surface area contributed by atoms with E-state index in [0.717, 1.165) is 19.1 Å². The molecule has 1 atom stereocenters. The molecule has 18 heavy (non-hydrogen) atoms. The van der Waals surface area contributed by atoms with E-state index in [1.165, 1.54) is 6.07 Å². The molecule has 98 valence electrons. The number of nitrogens with one attached hydrogen (secondary N) is 1. The molecule has 7 heteroatoms. The van der Waals surface area contributed by atoms with Gasteiger partial charge in [0.25, 0.3) is 5.91 Å². The Morgan fingerprint density at radius 1 is 1.44 bits per heavy atom. The number of rotatable bonds is 4. The number of carbonyl (C=O) groups is 2. The molecule has 1 aromatic carbocycles. The summed E-state index contributed by atoms with van der Waals surface area (Å²) in [6.07, 6.45) is 0. The predicted octanol–water partition coefficient (Wildman–Crippen LogP) is 1.04. The van der Waals surface area contributed by atoms with Crippen LogP contribution in [0.2, 0.25) is 5.02 Å². The minimum absolute atomic E-state index is 0.0464. The number of hydrogen-bond acceptors (Lipinski definition) is 3. The van der Waals surface area contributed by atoms with E-state index in [1.807, 2.05) is 0 Å². The van der Waals surface area contributed by atoms with Crippen LogP contribution in [-0.4, -0.2) is 34.2 Å². The van der Waals surface area contributed by atoms with E-state index in [1.54, 1.807) is 0 Å². The van der Waals surface area contributed by atoms with Crippen molar-refractivity contribution in [1.82, 2.24) is 5.32 Å². The SMILES string of the molecule is CC(O)(CNC(=O)c1cc(F)cc(Cl)c1)C(=O)O. The van der Waals surface area contributed by atoms with E-state index in [4.69, 9.17) is 16.7 Å². The molecule has 0 aliphatic rings.